The van der Waals surface area contributed by atoms with Crippen molar-refractivity contribution in [2.45, 2.75) is 26.8 Å². The van der Waals surface area contributed by atoms with Crippen molar-refractivity contribution in [2.24, 2.45) is 0 Å². The summed E-state index contributed by atoms with van der Waals surface area (Å²) in [5.74, 6) is -0.757. The number of carbonyl (C=O) groups is 1. The van der Waals surface area contributed by atoms with Crippen LogP contribution in [0.1, 0.15) is 17.5 Å². The summed E-state index contributed by atoms with van der Waals surface area (Å²) in [6, 6.07) is 6.21. The molecule has 0 aliphatic rings. The molecule has 1 N–H and O–H groups in total. The smallest absolute Gasteiger partial charge is 0.305 e. The molecule has 3 heteroatoms. The lowest BCUT2D eigenvalue weighted by molar-refractivity contribution is -0.137. The molecule has 0 aliphatic heterocycles. The third-order valence-corrected chi connectivity index (χ3v) is 3.02. The van der Waals surface area contributed by atoms with Crippen molar-refractivity contribution in [1.82, 2.24) is 4.57 Å². The van der Waals surface area contributed by atoms with Gasteiger partial charge in [0.25, 0.3) is 0 Å². The second kappa shape index (κ2) is 4.00. The number of fused-ring (bicyclic) bond motifs is 1. The Morgan fingerprint density at radius 1 is 1.31 bits per heavy atom. The van der Waals surface area contributed by atoms with E-state index in [1.807, 2.05) is 16.8 Å². The second-order valence-corrected chi connectivity index (χ2v) is 4.10. The van der Waals surface area contributed by atoms with Gasteiger partial charge in [0.15, 0.2) is 0 Å². The first-order valence-corrected chi connectivity index (χ1v) is 5.36. The summed E-state index contributed by atoms with van der Waals surface area (Å²) in [6.07, 6.45) is 2.12. The molecule has 2 aromatic rings. The van der Waals surface area contributed by atoms with Crippen LogP contribution in [0.3, 0.4) is 0 Å². The van der Waals surface area contributed by atoms with Crippen molar-refractivity contribution in [1.29, 1.82) is 0 Å². The highest BCUT2D eigenvalue weighted by atomic mass is 16.4. The molecule has 2 rings (SSSR count). The maximum Gasteiger partial charge on any atom is 0.305 e. The predicted molar refractivity (Wildman–Crippen MR) is 63.7 cm³/mol. The van der Waals surface area contributed by atoms with Crippen molar-refractivity contribution in [2.75, 3.05) is 0 Å². The number of hydrogen-bond donors (Lipinski definition) is 1. The van der Waals surface area contributed by atoms with Crippen LogP contribution >= 0.6 is 0 Å². The van der Waals surface area contributed by atoms with Gasteiger partial charge in [0.05, 0.1) is 11.9 Å². The highest BCUT2D eigenvalue weighted by Crippen LogP contribution is 2.22. The van der Waals surface area contributed by atoms with Crippen molar-refractivity contribution in [3.05, 3.63) is 35.5 Å². The first-order valence-electron chi connectivity index (χ1n) is 5.36. The van der Waals surface area contributed by atoms with E-state index in [1.165, 1.54) is 16.5 Å². The summed E-state index contributed by atoms with van der Waals surface area (Å²) in [5, 5.41) is 9.87. The fraction of sp³-hybridized carbons (Fsp3) is 0.308. The molecular weight excluding hydrogens is 202 g/mol. The Labute approximate surface area is 94.3 Å². The van der Waals surface area contributed by atoms with E-state index >= 15 is 0 Å². The van der Waals surface area contributed by atoms with E-state index in [0.717, 1.165) is 5.52 Å². The first kappa shape index (κ1) is 10.7. The van der Waals surface area contributed by atoms with Gasteiger partial charge in [-0.25, -0.2) is 0 Å². The molecule has 0 saturated carbocycles. The Morgan fingerprint density at radius 2 is 2.06 bits per heavy atom. The minimum absolute atomic E-state index is 0.164. The van der Waals surface area contributed by atoms with Gasteiger partial charge >= 0.3 is 5.97 Å². The van der Waals surface area contributed by atoms with Crippen LogP contribution in [0.25, 0.3) is 10.9 Å². The van der Waals surface area contributed by atoms with Gasteiger partial charge in [-0.3, -0.25) is 4.79 Å². The molecule has 1 aromatic heterocycles. The number of rotatable bonds is 3. The maximum absolute atomic E-state index is 10.6. The SMILES string of the molecule is Cc1ccc2ccn(CCC(=O)O)c2c1C. The normalized spacial score (nSPS) is 10.9. The highest BCUT2D eigenvalue weighted by Gasteiger charge is 2.07. The third-order valence-electron chi connectivity index (χ3n) is 3.02. The molecule has 16 heavy (non-hydrogen) atoms. The standard InChI is InChI=1S/C13H15NO2/c1-9-3-4-11-5-7-14(8-6-12(15)16)13(11)10(9)2/h3-5,7H,6,8H2,1-2H3,(H,15,16). The number of aryl methyl sites for hydroxylation is 3. The van der Waals surface area contributed by atoms with Crippen molar-refractivity contribution in [3.8, 4) is 0 Å². The summed E-state index contributed by atoms with van der Waals surface area (Å²) in [7, 11) is 0. The van der Waals surface area contributed by atoms with E-state index in [2.05, 4.69) is 26.0 Å². The Kier molecular flexibility index (Phi) is 2.69. The zero-order valence-electron chi connectivity index (χ0n) is 9.53. The predicted octanol–water partition coefficient (Wildman–Crippen LogP) is 2.73. The topological polar surface area (TPSA) is 42.2 Å². The molecular formula is C13H15NO2. The lowest BCUT2D eigenvalue weighted by Crippen LogP contribution is -2.04. The minimum atomic E-state index is -0.757. The van der Waals surface area contributed by atoms with Crippen molar-refractivity contribution in [3.63, 3.8) is 0 Å². The number of hydrogen-bond acceptors (Lipinski definition) is 1. The molecule has 0 fully saturated rings. The molecule has 0 radical (unpaired) electrons. The van der Waals surface area contributed by atoms with Crippen molar-refractivity contribution >= 4 is 16.9 Å². The lowest BCUT2D eigenvalue weighted by Gasteiger charge is -2.08. The van der Waals surface area contributed by atoms with E-state index < -0.39 is 5.97 Å². The molecule has 0 amide bonds. The van der Waals surface area contributed by atoms with E-state index in [9.17, 15) is 4.79 Å². The molecule has 1 aromatic carbocycles. The Morgan fingerprint density at radius 3 is 2.75 bits per heavy atom. The number of benzene rings is 1. The second-order valence-electron chi connectivity index (χ2n) is 4.10. The van der Waals surface area contributed by atoms with Gasteiger partial charge in [-0.2, -0.15) is 0 Å². The fourth-order valence-corrected chi connectivity index (χ4v) is 1.98. The van der Waals surface area contributed by atoms with Crippen LogP contribution in [0.5, 0.6) is 0 Å². The van der Waals surface area contributed by atoms with Crippen LogP contribution in [0, 0.1) is 13.8 Å². The van der Waals surface area contributed by atoms with E-state index in [4.69, 9.17) is 5.11 Å². The van der Waals surface area contributed by atoms with Gasteiger partial charge in [-0.15, -0.1) is 0 Å². The number of nitrogens with zero attached hydrogens (tertiary/aromatic N) is 1. The molecule has 0 saturated heterocycles. The van der Waals surface area contributed by atoms with Gasteiger partial charge in [-0.05, 0) is 36.4 Å². The van der Waals surface area contributed by atoms with Gasteiger partial charge < -0.3 is 9.67 Å². The summed E-state index contributed by atoms with van der Waals surface area (Å²) in [4.78, 5) is 10.6. The Balaban J connectivity index is 2.46. The van der Waals surface area contributed by atoms with Crippen LogP contribution in [0.4, 0.5) is 0 Å². The molecule has 0 spiro atoms. The third kappa shape index (κ3) is 1.81. The average molecular weight is 217 g/mol. The molecule has 84 valence electrons. The van der Waals surface area contributed by atoms with E-state index in [-0.39, 0.29) is 6.42 Å². The lowest BCUT2D eigenvalue weighted by atomic mass is 10.1. The van der Waals surface area contributed by atoms with Crippen molar-refractivity contribution < 1.29 is 9.90 Å². The first-order chi connectivity index (χ1) is 7.59. The summed E-state index contributed by atoms with van der Waals surface area (Å²) < 4.78 is 2.02. The van der Waals surface area contributed by atoms with E-state index in [1.54, 1.807) is 0 Å². The monoisotopic (exact) mass is 217 g/mol. The summed E-state index contributed by atoms with van der Waals surface area (Å²) in [6.45, 7) is 4.68. The quantitative estimate of drug-likeness (QED) is 0.858. The maximum atomic E-state index is 10.6. The van der Waals surface area contributed by atoms with Gasteiger partial charge in [-0.1, -0.05) is 12.1 Å². The van der Waals surface area contributed by atoms with E-state index in [0.29, 0.717) is 6.54 Å². The number of carboxylic acids is 1. The zero-order chi connectivity index (χ0) is 11.7. The van der Waals surface area contributed by atoms with Crippen LogP contribution in [-0.2, 0) is 11.3 Å². The number of carboxylic acid groups (broad SMARTS) is 1. The molecule has 1 heterocycles. The molecule has 0 atom stereocenters. The van der Waals surface area contributed by atoms with Gasteiger partial charge in [0.1, 0.15) is 0 Å². The Bertz CT molecular complexity index is 540. The largest absolute Gasteiger partial charge is 0.481 e. The molecule has 0 bridgehead atoms. The highest BCUT2D eigenvalue weighted by molar-refractivity contribution is 5.84. The molecule has 0 unspecified atom stereocenters. The van der Waals surface area contributed by atoms with Crippen LogP contribution in [0.2, 0.25) is 0 Å². The van der Waals surface area contributed by atoms with Gasteiger partial charge in [0.2, 0.25) is 0 Å². The molecule has 3 nitrogen and oxygen atoms in total. The number of aliphatic carboxylic acids is 1. The summed E-state index contributed by atoms with van der Waals surface area (Å²) >= 11 is 0. The van der Waals surface area contributed by atoms with Crippen LogP contribution in [-0.4, -0.2) is 15.6 Å². The average Bonchev–Trinajstić information content (AvgIpc) is 2.64. The minimum Gasteiger partial charge on any atom is -0.481 e. The van der Waals surface area contributed by atoms with Crippen LogP contribution < -0.4 is 0 Å². The summed E-state index contributed by atoms with van der Waals surface area (Å²) in [5.41, 5.74) is 3.62. The van der Waals surface area contributed by atoms with Crippen LogP contribution in [0.15, 0.2) is 24.4 Å². The Hall–Kier alpha value is -1.77. The number of aromatic nitrogens is 1. The van der Waals surface area contributed by atoms with Gasteiger partial charge in [0, 0.05) is 12.7 Å². The molecule has 0 aliphatic carbocycles. The fourth-order valence-electron chi connectivity index (χ4n) is 1.98. The zero-order valence-corrected chi connectivity index (χ0v) is 9.53.